The van der Waals surface area contributed by atoms with Gasteiger partial charge in [0.1, 0.15) is 11.8 Å². The quantitative estimate of drug-likeness (QED) is 0.409. The molecule has 3 N–H and O–H groups in total. The lowest BCUT2D eigenvalue weighted by molar-refractivity contribution is 0.0932. The van der Waals surface area contributed by atoms with Gasteiger partial charge in [0.15, 0.2) is 0 Å². The van der Waals surface area contributed by atoms with Crippen LogP contribution in [0.2, 0.25) is 5.02 Å². The second kappa shape index (κ2) is 11.5. The van der Waals surface area contributed by atoms with Crippen molar-refractivity contribution in [3.8, 4) is 5.75 Å². The van der Waals surface area contributed by atoms with E-state index < -0.39 is 12.2 Å². The van der Waals surface area contributed by atoms with E-state index in [1.807, 2.05) is 42.5 Å². The second-order valence-electron chi connectivity index (χ2n) is 8.48. The number of hydrogen-bond acceptors (Lipinski definition) is 6. The van der Waals surface area contributed by atoms with Crippen LogP contribution in [-0.4, -0.2) is 66.7 Å². The Labute approximate surface area is 214 Å². The van der Waals surface area contributed by atoms with E-state index in [9.17, 15) is 14.7 Å². The summed E-state index contributed by atoms with van der Waals surface area (Å²) < 4.78 is 15.6. The molecule has 1 aromatic heterocycles. The van der Waals surface area contributed by atoms with E-state index in [4.69, 9.17) is 21.1 Å². The number of alkyl carbamates (subject to hydrolysis) is 1. The van der Waals surface area contributed by atoms with Crippen LogP contribution < -0.4 is 10.1 Å². The third kappa shape index (κ3) is 5.68. The number of nitrogens with zero attached hydrogens (tertiary/aromatic N) is 1. The van der Waals surface area contributed by atoms with Crippen molar-refractivity contribution in [3.05, 3.63) is 64.3 Å². The Hall–Kier alpha value is -3.43. The lowest BCUT2D eigenvalue weighted by Gasteiger charge is -2.35. The van der Waals surface area contributed by atoms with Crippen molar-refractivity contribution in [3.63, 3.8) is 0 Å². The molecule has 0 bridgehead atoms. The number of fused-ring (bicyclic) bond motifs is 3. The van der Waals surface area contributed by atoms with Crippen molar-refractivity contribution in [1.29, 1.82) is 0 Å². The minimum absolute atomic E-state index is 0.0817. The van der Waals surface area contributed by atoms with Crippen LogP contribution in [0.25, 0.3) is 10.9 Å². The standard InChI is InChI=1S/C26H30ClN3O6/c1-3-35-26(33)30-12-10-20-21-14-17(27)6-9-22(21)29-23(20)24(30)16-4-7-19(8-5-16)36-13-11-18(31)15-28-25(32)34-2/h4-9,14,18,24,29,31H,3,10-13,15H2,1-2H3,(H,28,32). The molecule has 2 unspecified atom stereocenters. The lowest BCUT2D eigenvalue weighted by atomic mass is 9.92. The first-order valence-corrected chi connectivity index (χ1v) is 12.2. The maximum absolute atomic E-state index is 12.8. The fraction of sp³-hybridized carbons (Fsp3) is 0.385. The number of methoxy groups -OCH3 is 1. The van der Waals surface area contributed by atoms with Crippen LogP contribution in [0.15, 0.2) is 42.5 Å². The number of hydrogen-bond donors (Lipinski definition) is 3. The molecule has 2 heterocycles. The van der Waals surface area contributed by atoms with Crippen LogP contribution in [0.3, 0.4) is 0 Å². The SMILES string of the molecule is CCOC(=O)N1CCc2c([nH]c3ccc(Cl)cc23)C1c1ccc(OCCC(O)CNC(=O)OC)cc1. The molecule has 0 aliphatic carbocycles. The fourth-order valence-electron chi connectivity index (χ4n) is 4.44. The van der Waals surface area contributed by atoms with Gasteiger partial charge in [0, 0.05) is 41.1 Å². The Morgan fingerprint density at radius 1 is 1.25 bits per heavy atom. The zero-order chi connectivity index (χ0) is 25.7. The van der Waals surface area contributed by atoms with Crippen molar-refractivity contribution in [2.24, 2.45) is 0 Å². The van der Waals surface area contributed by atoms with Crippen LogP contribution in [-0.2, 0) is 15.9 Å². The molecule has 10 heteroatoms. The first-order chi connectivity index (χ1) is 17.4. The van der Waals surface area contributed by atoms with Crippen molar-refractivity contribution >= 4 is 34.7 Å². The zero-order valence-electron chi connectivity index (χ0n) is 20.3. The maximum Gasteiger partial charge on any atom is 0.410 e. The molecule has 0 saturated carbocycles. The summed E-state index contributed by atoms with van der Waals surface area (Å²) in [6.07, 6.45) is -0.672. The summed E-state index contributed by atoms with van der Waals surface area (Å²) in [5.74, 6) is 0.633. The van der Waals surface area contributed by atoms with E-state index in [2.05, 4.69) is 15.0 Å². The molecule has 3 aromatic rings. The summed E-state index contributed by atoms with van der Waals surface area (Å²) >= 11 is 6.26. The number of rotatable bonds is 8. The van der Waals surface area contributed by atoms with Crippen LogP contribution >= 0.6 is 11.6 Å². The molecular weight excluding hydrogens is 486 g/mol. The van der Waals surface area contributed by atoms with Gasteiger partial charge in [-0.1, -0.05) is 23.7 Å². The monoisotopic (exact) mass is 515 g/mol. The average Bonchev–Trinajstić information content (AvgIpc) is 3.25. The Morgan fingerprint density at radius 2 is 2.03 bits per heavy atom. The summed E-state index contributed by atoms with van der Waals surface area (Å²) in [6, 6.07) is 12.9. The molecule has 0 fully saturated rings. The van der Waals surface area contributed by atoms with Crippen LogP contribution in [0.4, 0.5) is 9.59 Å². The Kier molecular flexibility index (Phi) is 8.22. The first-order valence-electron chi connectivity index (χ1n) is 11.9. The average molecular weight is 516 g/mol. The predicted molar refractivity (Wildman–Crippen MR) is 136 cm³/mol. The summed E-state index contributed by atoms with van der Waals surface area (Å²) in [6.45, 7) is 2.96. The number of aliphatic hydroxyl groups excluding tert-OH is 1. The molecule has 36 heavy (non-hydrogen) atoms. The van der Waals surface area contributed by atoms with E-state index in [0.717, 1.165) is 27.7 Å². The third-order valence-corrected chi connectivity index (χ3v) is 6.41. The Balaban J connectivity index is 1.51. The molecule has 2 aromatic carbocycles. The van der Waals surface area contributed by atoms with Crippen LogP contribution in [0.5, 0.6) is 5.75 Å². The van der Waals surface area contributed by atoms with E-state index in [-0.39, 0.29) is 25.3 Å². The van der Waals surface area contributed by atoms with Crippen LogP contribution in [0, 0.1) is 0 Å². The number of carbonyl (C=O) groups is 2. The number of amides is 2. The van der Waals surface area contributed by atoms with Gasteiger partial charge < -0.3 is 29.6 Å². The van der Waals surface area contributed by atoms with Gasteiger partial charge in [0.05, 0.1) is 26.4 Å². The summed E-state index contributed by atoms with van der Waals surface area (Å²) in [4.78, 5) is 29.2. The number of benzene rings is 2. The molecule has 1 aliphatic rings. The highest BCUT2D eigenvalue weighted by atomic mass is 35.5. The van der Waals surface area contributed by atoms with Gasteiger partial charge in [-0.05, 0) is 54.8 Å². The van der Waals surface area contributed by atoms with Gasteiger partial charge in [-0.3, -0.25) is 4.90 Å². The van der Waals surface area contributed by atoms with Crippen molar-refractivity contribution in [2.75, 3.05) is 33.4 Å². The highest BCUT2D eigenvalue weighted by molar-refractivity contribution is 6.31. The number of carbonyl (C=O) groups excluding carboxylic acids is 2. The van der Waals surface area contributed by atoms with Crippen molar-refractivity contribution in [2.45, 2.75) is 31.9 Å². The molecule has 2 amide bonds. The molecule has 9 nitrogen and oxygen atoms in total. The molecule has 0 radical (unpaired) electrons. The van der Waals surface area contributed by atoms with Gasteiger partial charge in [-0.25, -0.2) is 9.59 Å². The zero-order valence-corrected chi connectivity index (χ0v) is 21.0. The minimum Gasteiger partial charge on any atom is -0.493 e. The number of aromatic amines is 1. The number of aromatic nitrogens is 1. The van der Waals surface area contributed by atoms with E-state index in [0.29, 0.717) is 36.8 Å². The predicted octanol–water partition coefficient (Wildman–Crippen LogP) is 4.41. The topological polar surface area (TPSA) is 113 Å². The summed E-state index contributed by atoms with van der Waals surface area (Å²) in [5.41, 5.74) is 3.98. The number of halogens is 1. The summed E-state index contributed by atoms with van der Waals surface area (Å²) in [5, 5.41) is 14.1. The highest BCUT2D eigenvalue weighted by Gasteiger charge is 2.35. The smallest absolute Gasteiger partial charge is 0.410 e. The molecule has 192 valence electrons. The van der Waals surface area contributed by atoms with Gasteiger partial charge >= 0.3 is 12.2 Å². The van der Waals surface area contributed by atoms with E-state index in [1.54, 1.807) is 11.8 Å². The van der Waals surface area contributed by atoms with Crippen molar-refractivity contribution in [1.82, 2.24) is 15.2 Å². The molecule has 1 aliphatic heterocycles. The lowest BCUT2D eigenvalue weighted by Crippen LogP contribution is -2.40. The third-order valence-electron chi connectivity index (χ3n) is 6.17. The molecule has 0 spiro atoms. The molecule has 4 rings (SSSR count). The Morgan fingerprint density at radius 3 is 2.75 bits per heavy atom. The minimum atomic E-state index is -0.752. The van der Waals surface area contributed by atoms with Gasteiger partial charge in [0.25, 0.3) is 0 Å². The number of aliphatic hydroxyl groups is 1. The normalized spacial score (nSPS) is 15.8. The van der Waals surface area contributed by atoms with E-state index >= 15 is 0 Å². The number of H-pyrrole nitrogens is 1. The maximum atomic E-state index is 12.8. The van der Waals surface area contributed by atoms with Crippen LogP contribution in [0.1, 0.15) is 36.2 Å². The van der Waals surface area contributed by atoms with Gasteiger partial charge in [0.2, 0.25) is 0 Å². The fourth-order valence-corrected chi connectivity index (χ4v) is 4.62. The highest BCUT2D eigenvalue weighted by Crippen LogP contribution is 2.39. The van der Waals surface area contributed by atoms with Gasteiger partial charge in [-0.2, -0.15) is 0 Å². The Bertz CT molecular complexity index is 1210. The molecule has 0 saturated heterocycles. The van der Waals surface area contributed by atoms with E-state index in [1.165, 1.54) is 7.11 Å². The summed E-state index contributed by atoms with van der Waals surface area (Å²) in [7, 11) is 1.27. The molecule has 2 atom stereocenters. The van der Waals surface area contributed by atoms with Gasteiger partial charge in [-0.15, -0.1) is 0 Å². The molecular formula is C26H30ClN3O6. The first kappa shape index (κ1) is 25.7. The number of ether oxygens (including phenoxy) is 3. The largest absolute Gasteiger partial charge is 0.493 e. The van der Waals surface area contributed by atoms with Crippen molar-refractivity contribution < 1.29 is 28.9 Å². The second-order valence-corrected chi connectivity index (χ2v) is 8.92. The number of nitrogens with one attached hydrogen (secondary N) is 2.